The Morgan fingerprint density at radius 1 is 1.12 bits per heavy atom. The summed E-state index contributed by atoms with van der Waals surface area (Å²) in [6.45, 7) is 4.12. The molecule has 33 heavy (non-hydrogen) atoms. The first kappa shape index (κ1) is 24.4. The minimum atomic E-state index is -3.78. The summed E-state index contributed by atoms with van der Waals surface area (Å²) in [6.07, 6.45) is 0.643. The summed E-state index contributed by atoms with van der Waals surface area (Å²) < 4.78 is 35.3. The fourth-order valence-corrected chi connectivity index (χ4v) is 4.69. The minimum Gasteiger partial charge on any atom is -0.497 e. The molecule has 0 atom stereocenters. The molecule has 0 spiro atoms. The van der Waals surface area contributed by atoms with Gasteiger partial charge in [-0.25, -0.2) is 0 Å². The van der Waals surface area contributed by atoms with Crippen LogP contribution in [0.25, 0.3) is 11.5 Å². The SMILES string of the molecule is CCOP(=O)(OCC)c1nc(-c2cccc([N+](=O)[O-])c2)oc1NCCc1ccc(OC)cc1. The van der Waals surface area contributed by atoms with Gasteiger partial charge in [-0.2, -0.15) is 4.98 Å². The van der Waals surface area contributed by atoms with Crippen molar-refractivity contribution in [2.45, 2.75) is 20.3 Å². The second kappa shape index (κ2) is 11.1. The highest BCUT2D eigenvalue weighted by molar-refractivity contribution is 7.62. The molecule has 10 nitrogen and oxygen atoms in total. The molecule has 0 aliphatic carbocycles. The van der Waals surface area contributed by atoms with Gasteiger partial charge < -0.3 is 23.5 Å². The van der Waals surface area contributed by atoms with Gasteiger partial charge in [-0.15, -0.1) is 0 Å². The second-order valence-corrected chi connectivity index (χ2v) is 8.77. The number of nitro benzene ring substituents is 1. The van der Waals surface area contributed by atoms with Gasteiger partial charge >= 0.3 is 7.60 Å². The van der Waals surface area contributed by atoms with E-state index >= 15 is 0 Å². The van der Waals surface area contributed by atoms with Crippen LogP contribution in [-0.4, -0.2) is 36.8 Å². The lowest BCUT2D eigenvalue weighted by Gasteiger charge is -2.15. The average molecular weight is 475 g/mol. The van der Waals surface area contributed by atoms with E-state index in [2.05, 4.69) is 10.3 Å². The normalized spacial score (nSPS) is 11.4. The van der Waals surface area contributed by atoms with Crippen molar-refractivity contribution in [1.82, 2.24) is 4.98 Å². The van der Waals surface area contributed by atoms with Crippen LogP contribution in [-0.2, 0) is 20.0 Å². The molecule has 1 aromatic heterocycles. The van der Waals surface area contributed by atoms with Crippen molar-refractivity contribution in [2.24, 2.45) is 0 Å². The molecule has 0 bridgehead atoms. The van der Waals surface area contributed by atoms with E-state index < -0.39 is 12.5 Å². The summed E-state index contributed by atoms with van der Waals surface area (Å²) in [4.78, 5) is 15.0. The van der Waals surface area contributed by atoms with Crippen molar-refractivity contribution >= 4 is 24.6 Å². The van der Waals surface area contributed by atoms with Crippen LogP contribution in [0.15, 0.2) is 52.9 Å². The Morgan fingerprint density at radius 3 is 2.42 bits per heavy atom. The van der Waals surface area contributed by atoms with Gasteiger partial charge in [-0.05, 0) is 44.0 Å². The van der Waals surface area contributed by atoms with Crippen molar-refractivity contribution < 1.29 is 27.7 Å². The average Bonchev–Trinajstić information content (AvgIpc) is 3.25. The maximum Gasteiger partial charge on any atom is 0.385 e. The van der Waals surface area contributed by atoms with Gasteiger partial charge in [0.1, 0.15) is 5.75 Å². The number of nitrogens with one attached hydrogen (secondary N) is 1. The number of ether oxygens (including phenoxy) is 1. The Kier molecular flexibility index (Phi) is 8.21. The number of anilines is 1. The Bertz CT molecular complexity index is 1120. The van der Waals surface area contributed by atoms with Crippen molar-refractivity contribution in [1.29, 1.82) is 0 Å². The first-order valence-electron chi connectivity index (χ1n) is 10.4. The highest BCUT2D eigenvalue weighted by atomic mass is 31.2. The molecule has 0 aliphatic heterocycles. The van der Waals surface area contributed by atoms with E-state index in [9.17, 15) is 14.7 Å². The Labute approximate surface area is 191 Å². The predicted molar refractivity (Wildman–Crippen MR) is 124 cm³/mol. The number of nitro groups is 1. The standard InChI is InChI=1S/C22H26N3O7P/c1-4-30-33(28,31-5-2)22-21(23-14-13-16-9-11-19(29-3)12-10-16)32-20(24-22)17-7-6-8-18(15-17)25(26)27/h6-12,15,23H,4-5,13-14H2,1-3H3. The number of aromatic nitrogens is 1. The molecule has 3 rings (SSSR count). The van der Waals surface area contributed by atoms with Crippen LogP contribution in [0.4, 0.5) is 11.6 Å². The van der Waals surface area contributed by atoms with E-state index in [-0.39, 0.29) is 36.1 Å². The monoisotopic (exact) mass is 475 g/mol. The lowest BCUT2D eigenvalue weighted by atomic mass is 10.1. The van der Waals surface area contributed by atoms with Crippen LogP contribution in [0.2, 0.25) is 0 Å². The zero-order valence-electron chi connectivity index (χ0n) is 18.6. The second-order valence-electron chi connectivity index (χ2n) is 6.84. The number of rotatable bonds is 12. The molecule has 176 valence electrons. The fourth-order valence-electron chi connectivity index (χ4n) is 3.10. The van der Waals surface area contributed by atoms with Crippen molar-refractivity contribution in [3.05, 3.63) is 64.2 Å². The molecule has 0 aliphatic rings. The van der Waals surface area contributed by atoms with Gasteiger partial charge in [0.2, 0.25) is 17.2 Å². The zero-order chi connectivity index (χ0) is 23.8. The van der Waals surface area contributed by atoms with Crippen molar-refractivity contribution in [3.8, 4) is 17.2 Å². The highest BCUT2D eigenvalue weighted by Crippen LogP contribution is 2.49. The first-order chi connectivity index (χ1) is 15.9. The van der Waals surface area contributed by atoms with Gasteiger partial charge in [0.05, 0.1) is 25.2 Å². The fraction of sp³-hybridized carbons (Fsp3) is 0.318. The van der Waals surface area contributed by atoms with Crippen LogP contribution in [0, 0.1) is 10.1 Å². The number of methoxy groups -OCH3 is 1. The third-order valence-corrected chi connectivity index (χ3v) is 6.65. The van der Waals surface area contributed by atoms with E-state index in [1.165, 1.54) is 18.2 Å². The lowest BCUT2D eigenvalue weighted by Crippen LogP contribution is -2.17. The number of non-ortho nitro benzene ring substituents is 1. The van der Waals surface area contributed by atoms with Gasteiger partial charge in [-0.3, -0.25) is 14.7 Å². The third kappa shape index (κ3) is 5.98. The molecular formula is C22H26N3O7P. The van der Waals surface area contributed by atoms with E-state index in [1.807, 2.05) is 24.3 Å². The maximum atomic E-state index is 13.4. The van der Waals surface area contributed by atoms with Crippen LogP contribution >= 0.6 is 7.60 Å². The summed E-state index contributed by atoms with van der Waals surface area (Å²) in [5.41, 5.74) is 1.32. The summed E-state index contributed by atoms with van der Waals surface area (Å²) in [5, 5.41) is 14.3. The molecule has 1 N–H and O–H groups in total. The Balaban J connectivity index is 1.91. The maximum absolute atomic E-state index is 13.4. The molecule has 3 aromatic rings. The number of oxazole rings is 1. The first-order valence-corrected chi connectivity index (χ1v) is 12.0. The molecule has 11 heteroatoms. The van der Waals surface area contributed by atoms with Crippen molar-refractivity contribution in [3.63, 3.8) is 0 Å². The van der Waals surface area contributed by atoms with E-state index in [0.29, 0.717) is 18.5 Å². The summed E-state index contributed by atoms with van der Waals surface area (Å²) in [6, 6.07) is 13.5. The molecule has 0 saturated heterocycles. The predicted octanol–water partition coefficient (Wildman–Crippen LogP) is 4.80. The Morgan fingerprint density at radius 2 is 1.82 bits per heavy atom. The smallest absolute Gasteiger partial charge is 0.385 e. The van der Waals surface area contributed by atoms with Gasteiger partial charge in [0.25, 0.3) is 5.69 Å². The van der Waals surface area contributed by atoms with Crippen LogP contribution < -0.4 is 15.5 Å². The quantitative estimate of drug-likeness (QED) is 0.223. The number of hydrogen-bond acceptors (Lipinski definition) is 9. The molecule has 0 radical (unpaired) electrons. The molecule has 2 aromatic carbocycles. The molecule has 1 heterocycles. The lowest BCUT2D eigenvalue weighted by molar-refractivity contribution is -0.384. The van der Waals surface area contributed by atoms with E-state index in [4.69, 9.17) is 18.2 Å². The van der Waals surface area contributed by atoms with E-state index in [0.717, 1.165) is 11.3 Å². The summed E-state index contributed by atoms with van der Waals surface area (Å²) >= 11 is 0. The molecule has 0 saturated carbocycles. The zero-order valence-corrected chi connectivity index (χ0v) is 19.5. The van der Waals surface area contributed by atoms with Crippen LogP contribution in [0.5, 0.6) is 5.75 Å². The number of benzene rings is 2. The minimum absolute atomic E-state index is 0.00226. The van der Waals surface area contributed by atoms with Crippen LogP contribution in [0.3, 0.4) is 0 Å². The molecule has 0 amide bonds. The largest absolute Gasteiger partial charge is 0.497 e. The topological polar surface area (TPSA) is 126 Å². The summed E-state index contributed by atoms with van der Waals surface area (Å²) in [7, 11) is -2.17. The summed E-state index contributed by atoms with van der Waals surface area (Å²) in [5.74, 6) is 0.968. The number of hydrogen-bond donors (Lipinski definition) is 1. The van der Waals surface area contributed by atoms with Gasteiger partial charge in [0, 0.05) is 24.2 Å². The third-order valence-electron chi connectivity index (χ3n) is 4.63. The molecule has 0 fully saturated rings. The number of nitrogens with zero attached hydrogens (tertiary/aromatic N) is 2. The highest BCUT2D eigenvalue weighted by Gasteiger charge is 2.36. The molecule has 0 unspecified atom stereocenters. The Hall–Kier alpha value is -3.20. The van der Waals surface area contributed by atoms with Gasteiger partial charge in [-0.1, -0.05) is 18.2 Å². The van der Waals surface area contributed by atoms with Crippen molar-refractivity contribution in [2.75, 3.05) is 32.2 Å². The van der Waals surface area contributed by atoms with Gasteiger partial charge in [0.15, 0.2) is 0 Å². The van der Waals surface area contributed by atoms with Crippen LogP contribution in [0.1, 0.15) is 19.4 Å². The van der Waals surface area contributed by atoms with E-state index in [1.54, 1.807) is 27.0 Å². The molecular weight excluding hydrogens is 449 g/mol.